The van der Waals surface area contributed by atoms with Crippen molar-refractivity contribution in [2.45, 2.75) is 51.4 Å². The van der Waals surface area contributed by atoms with E-state index in [0.29, 0.717) is 6.10 Å². The van der Waals surface area contributed by atoms with Crippen molar-refractivity contribution in [3.05, 3.63) is 22.9 Å². The maximum atomic E-state index is 6.52. The lowest BCUT2D eigenvalue weighted by Gasteiger charge is -2.38. The molecule has 0 bridgehead atoms. The number of pyridine rings is 1. The van der Waals surface area contributed by atoms with Crippen LogP contribution >= 0.6 is 15.9 Å². The molecule has 112 valence electrons. The SMILES string of the molecule is CC(C)(C)[Si](C)(C)O[C@@H]1CCN(c2ccnc(Br)c2)C1. The summed E-state index contributed by atoms with van der Waals surface area (Å²) in [6.07, 6.45) is 3.33. The van der Waals surface area contributed by atoms with Crippen LogP contribution in [0.25, 0.3) is 0 Å². The van der Waals surface area contributed by atoms with Crippen LogP contribution in [0, 0.1) is 0 Å². The summed E-state index contributed by atoms with van der Waals surface area (Å²) in [5.74, 6) is 0. The van der Waals surface area contributed by atoms with Gasteiger partial charge in [0.1, 0.15) is 4.60 Å². The smallest absolute Gasteiger partial charge is 0.192 e. The van der Waals surface area contributed by atoms with E-state index in [1.54, 1.807) is 0 Å². The van der Waals surface area contributed by atoms with Gasteiger partial charge in [-0.3, -0.25) is 0 Å². The summed E-state index contributed by atoms with van der Waals surface area (Å²) in [7, 11) is -1.66. The van der Waals surface area contributed by atoms with Crippen LogP contribution in [-0.4, -0.2) is 32.5 Å². The fourth-order valence-corrected chi connectivity index (χ4v) is 3.97. The second kappa shape index (κ2) is 5.77. The largest absolute Gasteiger partial charge is 0.412 e. The minimum Gasteiger partial charge on any atom is -0.412 e. The lowest BCUT2D eigenvalue weighted by Crippen LogP contribution is -2.44. The molecule has 0 aliphatic carbocycles. The van der Waals surface area contributed by atoms with Gasteiger partial charge < -0.3 is 9.33 Å². The van der Waals surface area contributed by atoms with Crippen molar-refractivity contribution in [3.8, 4) is 0 Å². The van der Waals surface area contributed by atoms with Crippen molar-refractivity contribution < 1.29 is 4.43 Å². The molecule has 0 unspecified atom stereocenters. The monoisotopic (exact) mass is 356 g/mol. The zero-order valence-electron chi connectivity index (χ0n) is 13.1. The van der Waals surface area contributed by atoms with Gasteiger partial charge in [-0.05, 0) is 52.6 Å². The van der Waals surface area contributed by atoms with Crippen LogP contribution in [0.4, 0.5) is 5.69 Å². The Morgan fingerprint density at radius 3 is 2.70 bits per heavy atom. The highest BCUT2D eigenvalue weighted by Gasteiger charge is 2.40. The third kappa shape index (κ3) is 3.62. The Hall–Kier alpha value is -0.393. The molecule has 0 radical (unpaired) electrons. The molecule has 2 rings (SSSR count). The summed E-state index contributed by atoms with van der Waals surface area (Å²) in [5, 5.41) is 0.278. The Morgan fingerprint density at radius 2 is 2.10 bits per heavy atom. The molecule has 0 N–H and O–H groups in total. The Morgan fingerprint density at radius 1 is 1.40 bits per heavy atom. The number of hydrogen-bond donors (Lipinski definition) is 0. The second-order valence-corrected chi connectivity index (χ2v) is 12.6. The Kier molecular flexibility index (Phi) is 4.62. The molecule has 0 amide bonds. The van der Waals surface area contributed by atoms with Crippen molar-refractivity contribution in [2.24, 2.45) is 0 Å². The fraction of sp³-hybridized carbons (Fsp3) is 0.667. The van der Waals surface area contributed by atoms with Crippen LogP contribution in [0.2, 0.25) is 18.1 Å². The quantitative estimate of drug-likeness (QED) is 0.591. The standard InChI is InChI=1S/C15H25BrN2OSi/c1-15(2,3)20(4,5)19-13-7-9-18(11-13)12-6-8-17-14(16)10-12/h6,8,10,13H,7,9,11H2,1-5H3/t13-/m1/s1. The van der Waals surface area contributed by atoms with Crippen molar-refractivity contribution in [3.63, 3.8) is 0 Å². The van der Waals surface area contributed by atoms with E-state index in [-0.39, 0.29) is 5.04 Å². The topological polar surface area (TPSA) is 25.4 Å². The molecule has 1 aliphatic heterocycles. The van der Waals surface area contributed by atoms with E-state index in [1.807, 2.05) is 6.20 Å². The molecule has 3 nitrogen and oxygen atoms in total. The lowest BCUT2D eigenvalue weighted by atomic mass is 10.2. The molecule has 1 aliphatic rings. The molecule has 5 heteroatoms. The van der Waals surface area contributed by atoms with Crippen LogP contribution in [0.1, 0.15) is 27.2 Å². The van der Waals surface area contributed by atoms with Crippen LogP contribution < -0.4 is 4.90 Å². The molecule has 1 fully saturated rings. The number of anilines is 1. The minimum absolute atomic E-state index is 0.278. The molecule has 20 heavy (non-hydrogen) atoms. The Balaban J connectivity index is 2.00. The van der Waals surface area contributed by atoms with Gasteiger partial charge in [0.2, 0.25) is 0 Å². The number of aromatic nitrogens is 1. The van der Waals surface area contributed by atoms with Gasteiger partial charge in [-0.1, -0.05) is 20.8 Å². The first-order valence-corrected chi connectivity index (χ1v) is 10.9. The zero-order valence-corrected chi connectivity index (χ0v) is 15.7. The van der Waals surface area contributed by atoms with E-state index in [1.165, 1.54) is 5.69 Å². The highest BCUT2D eigenvalue weighted by molar-refractivity contribution is 9.10. The molecular formula is C15H25BrN2OSi. The average Bonchev–Trinajstić information content (AvgIpc) is 2.75. The van der Waals surface area contributed by atoms with Gasteiger partial charge in [-0.25, -0.2) is 4.98 Å². The molecule has 1 saturated heterocycles. The van der Waals surface area contributed by atoms with Crippen LogP contribution in [0.5, 0.6) is 0 Å². The van der Waals surface area contributed by atoms with E-state index in [2.05, 4.69) is 71.8 Å². The number of halogens is 1. The third-order valence-corrected chi connectivity index (χ3v) is 9.46. The maximum absolute atomic E-state index is 6.52. The summed E-state index contributed by atoms with van der Waals surface area (Å²) in [4.78, 5) is 6.58. The van der Waals surface area contributed by atoms with Crippen molar-refractivity contribution >= 4 is 29.9 Å². The van der Waals surface area contributed by atoms with Crippen LogP contribution in [0.3, 0.4) is 0 Å². The fourth-order valence-electron chi connectivity index (χ4n) is 2.24. The van der Waals surface area contributed by atoms with Gasteiger partial charge in [-0.15, -0.1) is 0 Å². The van der Waals surface area contributed by atoms with Gasteiger partial charge in [0.25, 0.3) is 0 Å². The van der Waals surface area contributed by atoms with Crippen LogP contribution in [0.15, 0.2) is 22.9 Å². The first-order chi connectivity index (χ1) is 9.19. The number of nitrogens with zero attached hydrogens (tertiary/aromatic N) is 2. The molecule has 0 saturated carbocycles. The van der Waals surface area contributed by atoms with Gasteiger partial charge in [-0.2, -0.15) is 0 Å². The Labute approximate surface area is 132 Å². The molecule has 0 aromatic carbocycles. The molecule has 1 aromatic heterocycles. The van der Waals surface area contributed by atoms with E-state index < -0.39 is 8.32 Å². The third-order valence-electron chi connectivity index (χ3n) is 4.49. The summed E-state index contributed by atoms with van der Waals surface area (Å²) in [6, 6.07) is 4.15. The van der Waals surface area contributed by atoms with Gasteiger partial charge in [0.15, 0.2) is 8.32 Å². The van der Waals surface area contributed by atoms with E-state index in [0.717, 1.165) is 24.1 Å². The van der Waals surface area contributed by atoms with Crippen molar-refractivity contribution in [1.29, 1.82) is 0 Å². The van der Waals surface area contributed by atoms with Crippen molar-refractivity contribution in [2.75, 3.05) is 18.0 Å². The molecular weight excluding hydrogens is 332 g/mol. The number of rotatable bonds is 3. The predicted molar refractivity (Wildman–Crippen MR) is 90.8 cm³/mol. The predicted octanol–water partition coefficient (Wildman–Crippen LogP) is 4.44. The van der Waals surface area contributed by atoms with Gasteiger partial charge in [0.05, 0.1) is 6.10 Å². The Bertz CT molecular complexity index is 473. The molecule has 1 atom stereocenters. The summed E-state index contributed by atoms with van der Waals surface area (Å²) in [5.41, 5.74) is 1.23. The zero-order chi connectivity index (χ0) is 15.0. The molecule has 1 aromatic rings. The van der Waals surface area contributed by atoms with E-state index in [4.69, 9.17) is 4.43 Å². The first-order valence-electron chi connectivity index (χ1n) is 7.23. The first kappa shape index (κ1) is 16.0. The minimum atomic E-state index is -1.66. The van der Waals surface area contributed by atoms with Crippen molar-refractivity contribution in [1.82, 2.24) is 4.98 Å². The summed E-state index contributed by atoms with van der Waals surface area (Å²) in [6.45, 7) is 13.6. The second-order valence-electron chi connectivity index (χ2n) is 7.07. The van der Waals surface area contributed by atoms with Gasteiger partial charge >= 0.3 is 0 Å². The molecule has 2 heterocycles. The summed E-state index contributed by atoms with van der Waals surface area (Å²) >= 11 is 3.44. The average molecular weight is 357 g/mol. The van der Waals surface area contributed by atoms with E-state index >= 15 is 0 Å². The van der Waals surface area contributed by atoms with Gasteiger partial charge in [0, 0.05) is 25.0 Å². The number of hydrogen-bond acceptors (Lipinski definition) is 3. The lowest BCUT2D eigenvalue weighted by molar-refractivity contribution is 0.202. The highest BCUT2D eigenvalue weighted by atomic mass is 79.9. The van der Waals surface area contributed by atoms with Crippen LogP contribution in [-0.2, 0) is 4.43 Å². The highest BCUT2D eigenvalue weighted by Crippen LogP contribution is 2.38. The summed E-state index contributed by atoms with van der Waals surface area (Å²) < 4.78 is 7.41. The maximum Gasteiger partial charge on any atom is 0.192 e. The molecule has 0 spiro atoms. The normalized spacial score (nSPS) is 20.5. The van der Waals surface area contributed by atoms with E-state index in [9.17, 15) is 0 Å².